The standard InChI is InChI=1S/C16H17N3O5/c1-18-15(11-3-2-4-11)9-12(17-18)10-23-16(20)24-14-7-5-13(6-8-14)19(21)22/h5-9,11H,2-4,10H2,1H3. The van der Waals surface area contributed by atoms with Gasteiger partial charge in [-0.15, -0.1) is 0 Å². The van der Waals surface area contributed by atoms with Crippen molar-refractivity contribution in [1.82, 2.24) is 9.78 Å². The van der Waals surface area contributed by atoms with E-state index >= 15 is 0 Å². The van der Waals surface area contributed by atoms with E-state index in [4.69, 9.17) is 9.47 Å². The van der Waals surface area contributed by atoms with Crippen LogP contribution < -0.4 is 4.74 Å². The van der Waals surface area contributed by atoms with Gasteiger partial charge in [-0.1, -0.05) is 6.42 Å². The van der Waals surface area contributed by atoms with Crippen LogP contribution in [0, 0.1) is 10.1 Å². The third kappa shape index (κ3) is 3.53. The highest BCUT2D eigenvalue weighted by molar-refractivity contribution is 5.64. The second kappa shape index (κ2) is 6.69. The lowest BCUT2D eigenvalue weighted by Crippen LogP contribution is -2.12. The Balaban J connectivity index is 1.52. The highest BCUT2D eigenvalue weighted by Gasteiger charge is 2.23. The van der Waals surface area contributed by atoms with Crippen LogP contribution in [0.2, 0.25) is 0 Å². The lowest BCUT2D eigenvalue weighted by Gasteiger charge is -2.25. The molecule has 0 atom stereocenters. The number of aryl methyl sites for hydroxylation is 1. The first-order valence-corrected chi connectivity index (χ1v) is 7.65. The molecule has 8 nitrogen and oxygen atoms in total. The summed E-state index contributed by atoms with van der Waals surface area (Å²) in [7, 11) is 1.88. The maximum Gasteiger partial charge on any atom is 0.514 e. The largest absolute Gasteiger partial charge is 0.514 e. The Bertz CT molecular complexity index is 750. The van der Waals surface area contributed by atoms with Crippen molar-refractivity contribution in [3.05, 3.63) is 51.8 Å². The number of non-ortho nitro benzene ring substituents is 1. The van der Waals surface area contributed by atoms with Crippen molar-refractivity contribution in [1.29, 1.82) is 0 Å². The van der Waals surface area contributed by atoms with Gasteiger partial charge in [0.1, 0.15) is 18.1 Å². The van der Waals surface area contributed by atoms with Gasteiger partial charge in [0.15, 0.2) is 0 Å². The minimum absolute atomic E-state index is 0.0202. The number of benzene rings is 1. The first kappa shape index (κ1) is 16.0. The number of aromatic nitrogens is 2. The fraction of sp³-hybridized carbons (Fsp3) is 0.375. The SMILES string of the molecule is Cn1nc(COC(=O)Oc2ccc([N+](=O)[O-])cc2)cc1C1CCC1. The minimum atomic E-state index is -0.875. The van der Waals surface area contributed by atoms with E-state index in [0.717, 1.165) is 5.69 Å². The molecule has 24 heavy (non-hydrogen) atoms. The molecule has 1 aromatic carbocycles. The number of ether oxygens (including phenoxy) is 2. The summed E-state index contributed by atoms with van der Waals surface area (Å²) < 4.78 is 11.8. The van der Waals surface area contributed by atoms with Crippen molar-refractivity contribution in [2.45, 2.75) is 31.8 Å². The molecule has 0 radical (unpaired) electrons. The Kier molecular flexibility index (Phi) is 4.45. The van der Waals surface area contributed by atoms with Gasteiger partial charge in [-0.2, -0.15) is 5.10 Å². The number of nitro benzene ring substituents is 1. The van der Waals surface area contributed by atoms with E-state index in [9.17, 15) is 14.9 Å². The molecule has 1 aromatic heterocycles. The molecule has 0 aliphatic heterocycles. The monoisotopic (exact) mass is 331 g/mol. The summed E-state index contributed by atoms with van der Waals surface area (Å²) in [5.74, 6) is 0.727. The van der Waals surface area contributed by atoms with Crippen molar-refractivity contribution in [3.8, 4) is 5.75 Å². The Morgan fingerprint density at radius 3 is 2.67 bits per heavy atom. The fourth-order valence-electron chi connectivity index (χ4n) is 2.59. The second-order valence-corrected chi connectivity index (χ2v) is 5.70. The molecule has 1 aliphatic rings. The Morgan fingerprint density at radius 1 is 1.38 bits per heavy atom. The Morgan fingerprint density at radius 2 is 2.08 bits per heavy atom. The van der Waals surface area contributed by atoms with E-state index < -0.39 is 11.1 Å². The zero-order valence-electron chi connectivity index (χ0n) is 13.2. The number of hydrogen-bond acceptors (Lipinski definition) is 6. The number of rotatable bonds is 5. The van der Waals surface area contributed by atoms with E-state index in [-0.39, 0.29) is 18.0 Å². The quantitative estimate of drug-likeness (QED) is 0.361. The first-order chi connectivity index (χ1) is 11.5. The van der Waals surface area contributed by atoms with Gasteiger partial charge in [0, 0.05) is 30.8 Å². The topological polar surface area (TPSA) is 96.5 Å². The number of nitrogens with zero attached hydrogens (tertiary/aromatic N) is 3. The van der Waals surface area contributed by atoms with Crippen LogP contribution in [0.4, 0.5) is 10.5 Å². The van der Waals surface area contributed by atoms with Crippen LogP contribution in [0.5, 0.6) is 5.75 Å². The van der Waals surface area contributed by atoms with Crippen molar-refractivity contribution < 1.29 is 19.2 Å². The number of carbonyl (C=O) groups is 1. The summed E-state index contributed by atoms with van der Waals surface area (Å²) in [4.78, 5) is 21.7. The molecular formula is C16H17N3O5. The molecule has 0 saturated heterocycles. The Hall–Kier alpha value is -2.90. The maximum atomic E-state index is 11.7. The van der Waals surface area contributed by atoms with Crippen LogP contribution in [-0.2, 0) is 18.4 Å². The Labute approximate surface area is 138 Å². The van der Waals surface area contributed by atoms with Crippen LogP contribution in [0.1, 0.15) is 36.6 Å². The van der Waals surface area contributed by atoms with Crippen molar-refractivity contribution >= 4 is 11.8 Å². The predicted molar refractivity (Wildman–Crippen MR) is 83.7 cm³/mol. The molecule has 3 rings (SSSR count). The molecule has 126 valence electrons. The van der Waals surface area contributed by atoms with Gasteiger partial charge in [0.25, 0.3) is 5.69 Å². The van der Waals surface area contributed by atoms with E-state index in [2.05, 4.69) is 5.10 Å². The highest BCUT2D eigenvalue weighted by Crippen LogP contribution is 2.36. The zero-order chi connectivity index (χ0) is 17.1. The van der Waals surface area contributed by atoms with E-state index in [1.807, 2.05) is 17.8 Å². The molecule has 0 amide bonds. The highest BCUT2D eigenvalue weighted by atomic mass is 16.7. The van der Waals surface area contributed by atoms with E-state index in [1.54, 1.807) is 0 Å². The second-order valence-electron chi connectivity index (χ2n) is 5.70. The van der Waals surface area contributed by atoms with Gasteiger partial charge >= 0.3 is 6.16 Å². The van der Waals surface area contributed by atoms with Crippen LogP contribution in [0.25, 0.3) is 0 Å². The fourth-order valence-corrected chi connectivity index (χ4v) is 2.59. The summed E-state index contributed by atoms with van der Waals surface area (Å²) in [6.07, 6.45) is 2.70. The molecule has 1 saturated carbocycles. The number of nitro groups is 1. The van der Waals surface area contributed by atoms with Crippen LogP contribution in [0.3, 0.4) is 0 Å². The van der Waals surface area contributed by atoms with Gasteiger partial charge in [0.05, 0.1) is 4.92 Å². The number of hydrogen-bond donors (Lipinski definition) is 0. The first-order valence-electron chi connectivity index (χ1n) is 7.65. The molecule has 2 aromatic rings. The zero-order valence-corrected chi connectivity index (χ0v) is 13.2. The summed E-state index contributed by atoms with van der Waals surface area (Å²) >= 11 is 0. The van der Waals surface area contributed by atoms with Gasteiger partial charge in [-0.25, -0.2) is 4.79 Å². The van der Waals surface area contributed by atoms with Crippen LogP contribution >= 0.6 is 0 Å². The van der Waals surface area contributed by atoms with Crippen LogP contribution in [-0.4, -0.2) is 20.9 Å². The molecule has 0 bridgehead atoms. The third-order valence-electron chi connectivity index (χ3n) is 4.08. The van der Waals surface area contributed by atoms with Gasteiger partial charge in [-0.3, -0.25) is 14.8 Å². The van der Waals surface area contributed by atoms with Gasteiger partial charge < -0.3 is 9.47 Å². The third-order valence-corrected chi connectivity index (χ3v) is 4.08. The molecule has 1 fully saturated rings. The average Bonchev–Trinajstić information content (AvgIpc) is 2.85. The predicted octanol–water partition coefficient (Wildman–Crippen LogP) is 3.31. The van der Waals surface area contributed by atoms with Crippen molar-refractivity contribution in [3.63, 3.8) is 0 Å². The van der Waals surface area contributed by atoms with Gasteiger partial charge in [0.2, 0.25) is 0 Å². The molecule has 1 aliphatic carbocycles. The summed E-state index contributed by atoms with van der Waals surface area (Å²) in [5.41, 5.74) is 1.75. The lowest BCUT2D eigenvalue weighted by molar-refractivity contribution is -0.384. The van der Waals surface area contributed by atoms with Crippen LogP contribution in [0.15, 0.2) is 30.3 Å². The summed E-state index contributed by atoms with van der Waals surface area (Å²) in [5, 5.41) is 14.9. The molecular weight excluding hydrogens is 314 g/mol. The normalized spacial score (nSPS) is 14.0. The number of carbonyl (C=O) groups excluding carboxylic acids is 1. The molecule has 0 unspecified atom stereocenters. The van der Waals surface area contributed by atoms with E-state index in [0.29, 0.717) is 11.6 Å². The van der Waals surface area contributed by atoms with Gasteiger partial charge in [-0.05, 0) is 31.0 Å². The van der Waals surface area contributed by atoms with Crippen molar-refractivity contribution in [2.75, 3.05) is 0 Å². The maximum absolute atomic E-state index is 11.7. The molecule has 8 heteroatoms. The summed E-state index contributed by atoms with van der Waals surface area (Å²) in [6.45, 7) is 0.0202. The average molecular weight is 331 g/mol. The molecule has 0 spiro atoms. The lowest BCUT2D eigenvalue weighted by atomic mass is 9.83. The van der Waals surface area contributed by atoms with E-state index in [1.165, 1.54) is 43.5 Å². The molecule has 1 heterocycles. The summed E-state index contributed by atoms with van der Waals surface area (Å²) in [6, 6.07) is 7.14. The molecule has 0 N–H and O–H groups in total. The smallest absolute Gasteiger partial charge is 0.427 e. The van der Waals surface area contributed by atoms with Crippen molar-refractivity contribution in [2.24, 2.45) is 7.05 Å². The minimum Gasteiger partial charge on any atom is -0.427 e.